The van der Waals surface area contributed by atoms with Crippen LogP contribution in [0.5, 0.6) is 0 Å². The van der Waals surface area contributed by atoms with Gasteiger partial charge < -0.3 is 9.30 Å². The van der Waals surface area contributed by atoms with Crippen molar-refractivity contribution in [3.8, 4) is 6.07 Å². The highest BCUT2D eigenvalue weighted by molar-refractivity contribution is 8.18. The minimum atomic E-state index is -0.983. The minimum absolute atomic E-state index is 0.174. The Balaban J connectivity index is 1.96. The summed E-state index contributed by atoms with van der Waals surface area (Å²) < 4.78 is 6.69. The average molecular weight is 383 g/mol. The van der Waals surface area contributed by atoms with Crippen LogP contribution in [0.15, 0.2) is 35.4 Å². The fraction of sp³-hybridized carbons (Fsp3) is 0.263. The van der Waals surface area contributed by atoms with E-state index in [2.05, 4.69) is 6.07 Å². The van der Waals surface area contributed by atoms with Crippen molar-refractivity contribution in [2.45, 2.75) is 26.4 Å². The van der Waals surface area contributed by atoms with Crippen LogP contribution >= 0.6 is 11.8 Å². The van der Waals surface area contributed by atoms with Gasteiger partial charge in [-0.1, -0.05) is 18.2 Å². The maximum atomic E-state index is 12.7. The maximum absolute atomic E-state index is 12.7. The number of amides is 2. The molecule has 1 fully saturated rings. The summed E-state index contributed by atoms with van der Waals surface area (Å²) in [5.74, 6) is -1.14. The molecule has 27 heavy (non-hydrogen) atoms. The second kappa shape index (κ2) is 7.68. The first-order valence-electron chi connectivity index (χ1n) is 8.36. The highest BCUT2D eigenvalue weighted by atomic mass is 32.2. The summed E-state index contributed by atoms with van der Waals surface area (Å²) in [6, 6.07) is 8.63. The number of imide groups is 1. The summed E-state index contributed by atoms with van der Waals surface area (Å²) in [5.41, 5.74) is 1.60. The fourth-order valence-electron chi connectivity index (χ4n) is 2.92. The highest BCUT2D eigenvalue weighted by Crippen LogP contribution is 2.35. The minimum Gasteiger partial charge on any atom is -0.464 e. The molecule has 0 N–H and O–H groups in total. The molecule has 1 aromatic carbocycles. The van der Waals surface area contributed by atoms with Crippen LogP contribution in [0.1, 0.15) is 19.4 Å². The number of aromatic nitrogens is 1. The van der Waals surface area contributed by atoms with Gasteiger partial charge in [-0.15, -0.1) is 0 Å². The van der Waals surface area contributed by atoms with E-state index in [1.807, 2.05) is 24.3 Å². The summed E-state index contributed by atoms with van der Waals surface area (Å²) in [6.45, 7) is 3.48. The maximum Gasteiger partial charge on any atom is 0.329 e. The Labute approximate surface area is 160 Å². The number of nitriles is 1. The Bertz CT molecular complexity index is 1000. The van der Waals surface area contributed by atoms with Crippen LogP contribution in [0.25, 0.3) is 17.0 Å². The number of nitrogens with zero attached hydrogens (tertiary/aromatic N) is 3. The molecule has 3 rings (SSSR count). The second-order valence-corrected chi connectivity index (χ2v) is 6.86. The molecule has 1 aromatic heterocycles. The largest absolute Gasteiger partial charge is 0.464 e. The Morgan fingerprint density at radius 3 is 2.81 bits per heavy atom. The lowest BCUT2D eigenvalue weighted by Gasteiger charge is -2.19. The summed E-state index contributed by atoms with van der Waals surface area (Å²) in [6.07, 6.45) is 3.40. The predicted molar refractivity (Wildman–Crippen MR) is 101 cm³/mol. The quantitative estimate of drug-likeness (QED) is 0.582. The number of carbonyl (C=O) groups is 3. The van der Waals surface area contributed by atoms with E-state index < -0.39 is 23.2 Å². The predicted octanol–water partition coefficient (Wildman–Crippen LogP) is 3.15. The van der Waals surface area contributed by atoms with Crippen LogP contribution in [0.4, 0.5) is 4.79 Å². The molecule has 2 heterocycles. The van der Waals surface area contributed by atoms with Gasteiger partial charge in [-0.05, 0) is 37.8 Å². The van der Waals surface area contributed by atoms with Crippen LogP contribution in [-0.4, -0.2) is 39.2 Å². The van der Waals surface area contributed by atoms with Crippen molar-refractivity contribution < 1.29 is 19.1 Å². The number of ether oxygens (including phenoxy) is 1. The van der Waals surface area contributed by atoms with Crippen LogP contribution in [0, 0.1) is 11.3 Å². The van der Waals surface area contributed by atoms with E-state index in [0.717, 1.165) is 33.1 Å². The SMILES string of the molecule is CCOC(=O)[C@H](C)N1C(=O)S/C(=C/c2cn(CC#N)c3ccccc23)C1=O. The van der Waals surface area contributed by atoms with Gasteiger partial charge >= 0.3 is 5.97 Å². The molecule has 1 saturated heterocycles. The molecule has 0 saturated carbocycles. The van der Waals surface area contributed by atoms with Crippen LogP contribution < -0.4 is 0 Å². The number of benzene rings is 1. The first-order valence-corrected chi connectivity index (χ1v) is 9.18. The summed E-state index contributed by atoms with van der Waals surface area (Å²) in [7, 11) is 0. The number of thioether (sulfide) groups is 1. The van der Waals surface area contributed by atoms with Crippen molar-refractivity contribution >= 4 is 45.9 Å². The topological polar surface area (TPSA) is 92.4 Å². The lowest BCUT2D eigenvalue weighted by atomic mass is 10.1. The van der Waals surface area contributed by atoms with E-state index in [1.54, 1.807) is 23.8 Å². The van der Waals surface area contributed by atoms with Crippen molar-refractivity contribution in [2.24, 2.45) is 0 Å². The molecular formula is C19H17N3O4S. The number of hydrogen-bond acceptors (Lipinski definition) is 6. The number of rotatable bonds is 5. The average Bonchev–Trinajstić information content (AvgIpc) is 3.13. The van der Waals surface area contributed by atoms with Crippen molar-refractivity contribution in [3.63, 3.8) is 0 Å². The third kappa shape index (κ3) is 3.46. The monoisotopic (exact) mass is 383 g/mol. The van der Waals surface area contributed by atoms with E-state index in [4.69, 9.17) is 10.00 Å². The van der Waals surface area contributed by atoms with Crippen molar-refractivity contribution in [2.75, 3.05) is 6.61 Å². The molecule has 0 bridgehead atoms. The summed E-state index contributed by atoms with van der Waals surface area (Å²) in [4.78, 5) is 38.0. The molecule has 8 heteroatoms. The third-order valence-corrected chi connectivity index (χ3v) is 5.07. The standard InChI is InChI=1S/C19H17N3O4S/c1-3-26-18(24)12(2)22-17(23)16(27-19(22)25)10-13-11-21(9-8-20)15-7-5-4-6-14(13)15/h4-7,10-12H,3,9H2,1-2H3/b16-10+/t12-/m0/s1. The molecule has 0 aliphatic carbocycles. The molecular weight excluding hydrogens is 366 g/mol. The Morgan fingerprint density at radius 1 is 1.37 bits per heavy atom. The first-order chi connectivity index (χ1) is 13.0. The van der Waals surface area contributed by atoms with Gasteiger partial charge in [0.25, 0.3) is 11.1 Å². The zero-order chi connectivity index (χ0) is 19.6. The second-order valence-electron chi connectivity index (χ2n) is 5.87. The molecule has 0 spiro atoms. The Hall–Kier alpha value is -3.05. The lowest BCUT2D eigenvalue weighted by Crippen LogP contribution is -2.42. The molecule has 7 nitrogen and oxygen atoms in total. The van der Waals surface area contributed by atoms with Gasteiger partial charge in [0.2, 0.25) is 0 Å². The van der Waals surface area contributed by atoms with Gasteiger partial charge in [0.1, 0.15) is 12.6 Å². The zero-order valence-electron chi connectivity index (χ0n) is 14.8. The molecule has 1 atom stereocenters. The summed E-state index contributed by atoms with van der Waals surface area (Å²) >= 11 is 0.788. The fourth-order valence-corrected chi connectivity index (χ4v) is 3.82. The van der Waals surface area contributed by atoms with Crippen molar-refractivity contribution in [1.82, 2.24) is 9.47 Å². The lowest BCUT2D eigenvalue weighted by molar-refractivity contribution is -0.150. The molecule has 1 aliphatic heterocycles. The molecule has 2 amide bonds. The van der Waals surface area contributed by atoms with Gasteiger partial charge in [0, 0.05) is 22.7 Å². The van der Waals surface area contributed by atoms with Gasteiger partial charge in [-0.25, -0.2) is 4.79 Å². The van der Waals surface area contributed by atoms with Gasteiger partial charge in [0.15, 0.2) is 0 Å². The molecule has 0 radical (unpaired) electrons. The molecule has 138 valence electrons. The van der Waals surface area contributed by atoms with Crippen LogP contribution in [0.2, 0.25) is 0 Å². The number of hydrogen-bond donors (Lipinski definition) is 0. The van der Waals surface area contributed by atoms with E-state index in [9.17, 15) is 14.4 Å². The number of carbonyl (C=O) groups excluding carboxylic acids is 3. The van der Waals surface area contributed by atoms with Gasteiger partial charge in [0.05, 0.1) is 17.6 Å². The highest BCUT2D eigenvalue weighted by Gasteiger charge is 2.41. The Kier molecular flexibility index (Phi) is 5.33. The van der Waals surface area contributed by atoms with E-state index in [0.29, 0.717) is 0 Å². The van der Waals surface area contributed by atoms with Gasteiger partial charge in [-0.3, -0.25) is 14.5 Å². The summed E-state index contributed by atoms with van der Waals surface area (Å²) in [5, 5.41) is 9.37. The van der Waals surface area contributed by atoms with Crippen molar-refractivity contribution in [3.05, 3.63) is 40.9 Å². The molecule has 0 unspecified atom stereocenters. The zero-order valence-corrected chi connectivity index (χ0v) is 15.7. The van der Waals surface area contributed by atoms with Crippen LogP contribution in [-0.2, 0) is 20.9 Å². The van der Waals surface area contributed by atoms with E-state index >= 15 is 0 Å². The van der Waals surface area contributed by atoms with E-state index in [1.165, 1.54) is 6.92 Å². The van der Waals surface area contributed by atoms with Crippen molar-refractivity contribution in [1.29, 1.82) is 5.26 Å². The normalized spacial score (nSPS) is 16.8. The number of esters is 1. The van der Waals surface area contributed by atoms with Gasteiger partial charge in [-0.2, -0.15) is 5.26 Å². The third-order valence-electron chi connectivity index (χ3n) is 4.19. The number of fused-ring (bicyclic) bond motifs is 1. The smallest absolute Gasteiger partial charge is 0.329 e. The Morgan fingerprint density at radius 2 is 2.11 bits per heavy atom. The first kappa shape index (κ1) is 18.7. The molecule has 2 aromatic rings. The number of para-hydroxylation sites is 1. The van der Waals surface area contributed by atoms with Crippen LogP contribution in [0.3, 0.4) is 0 Å². The molecule has 1 aliphatic rings. The van der Waals surface area contributed by atoms with E-state index in [-0.39, 0.29) is 18.1 Å².